The minimum atomic E-state index is -3.86. The summed E-state index contributed by atoms with van der Waals surface area (Å²) < 4.78 is 44.2. The Kier molecular flexibility index (Phi) is 8.53. The topological polar surface area (TPSA) is 105 Å². The molecule has 9 nitrogen and oxygen atoms in total. The Balaban J connectivity index is 1.43. The van der Waals surface area contributed by atoms with Gasteiger partial charge in [0.1, 0.15) is 5.75 Å². The quantitative estimate of drug-likeness (QED) is 0.440. The standard InChI is InChI=1S/C25H29ClN2O7S/c1-33-21-6-8-22(9-7-21)36(31,32)28(12-14-29)13-15-34-24-17-19(18-2-4-20(26)5-3-18)16-23(35-24)25(30)27-10-11-27/h2-9,16,19,24,29H,10-15,17H2,1H3/t19-,24+/m0/s1. The molecule has 4 rings (SSSR count). The van der Waals surface area contributed by atoms with Crippen LogP contribution in [0.2, 0.25) is 5.02 Å². The number of halogens is 1. The van der Waals surface area contributed by atoms with Gasteiger partial charge in [-0.15, -0.1) is 0 Å². The first kappa shape index (κ1) is 26.4. The third-order valence-corrected chi connectivity index (χ3v) is 8.16. The van der Waals surface area contributed by atoms with Crippen molar-refractivity contribution in [1.29, 1.82) is 0 Å². The van der Waals surface area contributed by atoms with Crippen LogP contribution in [0.25, 0.3) is 0 Å². The van der Waals surface area contributed by atoms with Gasteiger partial charge in [-0.05, 0) is 48.0 Å². The molecule has 2 aromatic rings. The van der Waals surface area contributed by atoms with Crippen LogP contribution in [0, 0.1) is 0 Å². The van der Waals surface area contributed by atoms with Crippen molar-refractivity contribution in [2.75, 3.05) is 46.5 Å². The van der Waals surface area contributed by atoms with Crippen molar-refractivity contribution in [3.63, 3.8) is 0 Å². The van der Waals surface area contributed by atoms with E-state index in [1.54, 1.807) is 35.2 Å². The van der Waals surface area contributed by atoms with Crippen LogP contribution in [-0.2, 0) is 24.3 Å². The number of nitrogens with zero attached hydrogens (tertiary/aromatic N) is 2. The summed E-state index contributed by atoms with van der Waals surface area (Å²) in [5, 5.41) is 10.1. The third kappa shape index (κ3) is 6.37. The van der Waals surface area contributed by atoms with Crippen LogP contribution in [-0.4, -0.2) is 81.4 Å². The van der Waals surface area contributed by atoms with Crippen molar-refractivity contribution < 1.29 is 32.5 Å². The van der Waals surface area contributed by atoms with Crippen LogP contribution in [0.3, 0.4) is 0 Å². The molecule has 0 aromatic heterocycles. The molecule has 0 bridgehead atoms. The first-order valence-electron chi connectivity index (χ1n) is 11.6. The maximum Gasteiger partial charge on any atom is 0.288 e. The zero-order valence-corrected chi connectivity index (χ0v) is 21.5. The molecule has 1 N–H and O–H groups in total. The molecule has 1 amide bonds. The number of amides is 1. The molecule has 0 aliphatic carbocycles. The molecular weight excluding hydrogens is 508 g/mol. The molecule has 36 heavy (non-hydrogen) atoms. The van der Waals surface area contributed by atoms with Crippen LogP contribution >= 0.6 is 11.6 Å². The monoisotopic (exact) mass is 536 g/mol. The van der Waals surface area contributed by atoms with Gasteiger partial charge in [0.25, 0.3) is 5.91 Å². The lowest BCUT2D eigenvalue weighted by Gasteiger charge is -2.30. The first-order chi connectivity index (χ1) is 17.3. The van der Waals surface area contributed by atoms with Crippen LogP contribution < -0.4 is 4.74 Å². The minimum Gasteiger partial charge on any atom is -0.497 e. The fourth-order valence-corrected chi connectivity index (χ4v) is 5.45. The summed E-state index contributed by atoms with van der Waals surface area (Å²) in [6.07, 6.45) is 1.51. The van der Waals surface area contributed by atoms with Gasteiger partial charge in [0.2, 0.25) is 16.3 Å². The van der Waals surface area contributed by atoms with E-state index in [1.165, 1.54) is 19.2 Å². The predicted molar refractivity (Wildman–Crippen MR) is 133 cm³/mol. The number of carbonyl (C=O) groups excluding carboxylic acids is 1. The van der Waals surface area contributed by atoms with E-state index in [0.717, 1.165) is 9.87 Å². The van der Waals surface area contributed by atoms with Crippen LogP contribution in [0.1, 0.15) is 17.9 Å². The second kappa shape index (κ2) is 11.6. The molecule has 11 heteroatoms. The number of allylic oxidation sites excluding steroid dienone is 1. The summed E-state index contributed by atoms with van der Waals surface area (Å²) in [6, 6.07) is 13.4. The van der Waals surface area contributed by atoms with Gasteiger partial charge in [-0.25, -0.2) is 8.42 Å². The highest BCUT2D eigenvalue weighted by Crippen LogP contribution is 2.33. The average Bonchev–Trinajstić information content (AvgIpc) is 3.73. The van der Waals surface area contributed by atoms with Gasteiger partial charge in [-0.2, -0.15) is 4.31 Å². The number of hydrogen-bond acceptors (Lipinski definition) is 7. The number of ether oxygens (including phenoxy) is 3. The molecule has 2 aliphatic rings. The molecule has 2 heterocycles. The van der Waals surface area contributed by atoms with Crippen molar-refractivity contribution in [3.8, 4) is 5.75 Å². The smallest absolute Gasteiger partial charge is 0.288 e. The fraction of sp³-hybridized carbons (Fsp3) is 0.400. The Hall–Kier alpha value is -2.63. The average molecular weight is 537 g/mol. The Bertz CT molecular complexity index is 1180. The molecule has 0 radical (unpaired) electrons. The lowest BCUT2D eigenvalue weighted by Crippen LogP contribution is -2.37. The maximum absolute atomic E-state index is 13.1. The number of hydrogen-bond donors (Lipinski definition) is 1. The molecule has 0 spiro atoms. The van der Waals surface area contributed by atoms with E-state index >= 15 is 0 Å². The fourth-order valence-electron chi connectivity index (χ4n) is 3.91. The van der Waals surface area contributed by atoms with Crippen molar-refractivity contribution in [3.05, 3.63) is 71.0 Å². The summed E-state index contributed by atoms with van der Waals surface area (Å²) in [7, 11) is -2.36. The molecule has 2 atom stereocenters. The Morgan fingerprint density at radius 1 is 1.14 bits per heavy atom. The molecule has 0 unspecified atom stereocenters. The predicted octanol–water partition coefficient (Wildman–Crippen LogP) is 2.60. The summed E-state index contributed by atoms with van der Waals surface area (Å²) in [4.78, 5) is 14.4. The molecule has 0 saturated carbocycles. The Labute approximate surface area is 215 Å². The highest BCUT2D eigenvalue weighted by atomic mass is 35.5. The van der Waals surface area contributed by atoms with Crippen LogP contribution in [0.15, 0.2) is 65.3 Å². The Morgan fingerprint density at radius 2 is 1.83 bits per heavy atom. The normalized spacial score (nSPS) is 19.6. The van der Waals surface area contributed by atoms with Gasteiger partial charge in [0.15, 0.2) is 5.76 Å². The molecule has 2 aliphatic heterocycles. The van der Waals surface area contributed by atoms with E-state index in [0.29, 0.717) is 30.3 Å². The zero-order chi connectivity index (χ0) is 25.7. The van der Waals surface area contributed by atoms with Gasteiger partial charge in [-0.1, -0.05) is 23.7 Å². The zero-order valence-electron chi connectivity index (χ0n) is 19.9. The lowest BCUT2D eigenvalue weighted by molar-refractivity contribution is -0.149. The second-order valence-corrected chi connectivity index (χ2v) is 10.8. The number of benzene rings is 2. The van der Waals surface area contributed by atoms with Gasteiger partial charge < -0.3 is 24.2 Å². The number of aliphatic hydroxyl groups is 1. The van der Waals surface area contributed by atoms with Crippen molar-refractivity contribution in [2.45, 2.75) is 23.5 Å². The van der Waals surface area contributed by atoms with E-state index in [-0.39, 0.29) is 48.8 Å². The van der Waals surface area contributed by atoms with Gasteiger partial charge in [-0.3, -0.25) is 4.79 Å². The SMILES string of the molecule is COc1ccc(S(=O)(=O)N(CCO)CCO[C@H]2C[C@@H](c3ccc(Cl)cc3)C=C(C(=O)N3CC3)O2)cc1. The second-order valence-electron chi connectivity index (χ2n) is 8.44. The summed E-state index contributed by atoms with van der Waals surface area (Å²) in [5.41, 5.74) is 0.969. The van der Waals surface area contributed by atoms with Crippen molar-refractivity contribution in [1.82, 2.24) is 9.21 Å². The Morgan fingerprint density at radius 3 is 2.44 bits per heavy atom. The number of sulfonamides is 1. The molecule has 1 fully saturated rings. The van der Waals surface area contributed by atoms with Gasteiger partial charge >= 0.3 is 0 Å². The lowest BCUT2D eigenvalue weighted by atomic mass is 9.93. The van der Waals surface area contributed by atoms with E-state index < -0.39 is 16.3 Å². The molecular formula is C25H29ClN2O7S. The highest BCUT2D eigenvalue weighted by Gasteiger charge is 2.34. The largest absolute Gasteiger partial charge is 0.497 e. The number of methoxy groups -OCH3 is 1. The van der Waals surface area contributed by atoms with Crippen molar-refractivity contribution >= 4 is 27.5 Å². The van der Waals surface area contributed by atoms with Crippen LogP contribution in [0.4, 0.5) is 0 Å². The third-order valence-electron chi connectivity index (χ3n) is 5.99. The van der Waals surface area contributed by atoms with E-state index in [4.69, 9.17) is 25.8 Å². The van der Waals surface area contributed by atoms with Crippen molar-refractivity contribution in [2.24, 2.45) is 0 Å². The summed E-state index contributed by atoms with van der Waals surface area (Å²) >= 11 is 6.02. The van der Waals surface area contributed by atoms with Gasteiger partial charge in [0, 0.05) is 43.5 Å². The van der Waals surface area contributed by atoms with E-state index in [2.05, 4.69) is 0 Å². The number of rotatable bonds is 11. The van der Waals surface area contributed by atoms with E-state index in [9.17, 15) is 18.3 Å². The van der Waals surface area contributed by atoms with E-state index in [1.807, 2.05) is 12.1 Å². The molecule has 1 saturated heterocycles. The van der Waals surface area contributed by atoms with Gasteiger partial charge in [0.05, 0.1) is 25.2 Å². The number of aliphatic hydroxyl groups excluding tert-OH is 1. The first-order valence-corrected chi connectivity index (χ1v) is 13.4. The summed E-state index contributed by atoms with van der Waals surface area (Å²) in [6.45, 7) is 0.963. The highest BCUT2D eigenvalue weighted by molar-refractivity contribution is 7.89. The molecule has 194 valence electrons. The number of carbonyl (C=O) groups is 1. The maximum atomic E-state index is 13.1. The molecule has 2 aromatic carbocycles. The minimum absolute atomic E-state index is 0.000483. The summed E-state index contributed by atoms with van der Waals surface area (Å²) in [5.74, 6) is 0.445. The van der Waals surface area contributed by atoms with Crippen LogP contribution in [0.5, 0.6) is 5.75 Å².